The first kappa shape index (κ1) is 16.2. The van der Waals surface area contributed by atoms with Gasteiger partial charge in [0, 0.05) is 32.2 Å². The topological polar surface area (TPSA) is 6.48 Å². The van der Waals surface area contributed by atoms with E-state index in [9.17, 15) is 4.39 Å². The summed E-state index contributed by atoms with van der Waals surface area (Å²) in [5.74, 6) is 0. The number of alkyl halides is 1. The van der Waals surface area contributed by atoms with Crippen LogP contribution in [0.25, 0.3) is 0 Å². The minimum absolute atomic E-state index is 0.0253. The molecule has 0 N–H and O–H groups in total. The third-order valence-electron chi connectivity index (χ3n) is 4.66. The second kappa shape index (κ2) is 7.71. The Morgan fingerprint density at radius 3 is 2.00 bits per heavy atom. The molecule has 1 saturated heterocycles. The van der Waals surface area contributed by atoms with Gasteiger partial charge in [-0.2, -0.15) is 0 Å². The molecule has 1 heterocycles. The second-order valence-electron chi connectivity index (χ2n) is 6.49. The SMILES string of the molecule is CC1CN(Cc2ccccc2)CC(CF)N1Cc1ccccc1. The standard InChI is InChI=1S/C20H25FN2/c1-17-13-22(14-18-8-4-2-5-9-18)16-20(12-21)23(17)15-19-10-6-3-7-11-19/h2-11,17,20H,12-16H2,1H3. The van der Waals surface area contributed by atoms with Crippen molar-refractivity contribution in [1.29, 1.82) is 0 Å². The molecular weight excluding hydrogens is 287 g/mol. The highest BCUT2D eigenvalue weighted by atomic mass is 19.1. The lowest BCUT2D eigenvalue weighted by atomic mass is 10.0. The molecule has 3 rings (SSSR count). The molecule has 23 heavy (non-hydrogen) atoms. The average Bonchev–Trinajstić information content (AvgIpc) is 2.59. The van der Waals surface area contributed by atoms with Crippen molar-refractivity contribution in [1.82, 2.24) is 9.80 Å². The number of hydrogen-bond acceptors (Lipinski definition) is 2. The number of piperazine rings is 1. The molecule has 1 fully saturated rings. The molecule has 0 saturated carbocycles. The number of rotatable bonds is 5. The van der Waals surface area contributed by atoms with Crippen LogP contribution >= 0.6 is 0 Å². The lowest BCUT2D eigenvalue weighted by Crippen LogP contribution is -2.57. The highest BCUT2D eigenvalue weighted by Crippen LogP contribution is 2.21. The highest BCUT2D eigenvalue weighted by Gasteiger charge is 2.31. The molecule has 0 amide bonds. The number of benzene rings is 2. The van der Waals surface area contributed by atoms with Gasteiger partial charge in [0.05, 0.1) is 6.04 Å². The van der Waals surface area contributed by atoms with E-state index in [2.05, 4.69) is 65.3 Å². The van der Waals surface area contributed by atoms with Crippen LogP contribution in [0.4, 0.5) is 4.39 Å². The van der Waals surface area contributed by atoms with E-state index >= 15 is 0 Å². The van der Waals surface area contributed by atoms with Crippen LogP contribution in [0.3, 0.4) is 0 Å². The van der Waals surface area contributed by atoms with Crippen molar-refractivity contribution in [3.63, 3.8) is 0 Å². The largest absolute Gasteiger partial charge is 0.296 e. The maximum atomic E-state index is 13.6. The average molecular weight is 312 g/mol. The van der Waals surface area contributed by atoms with Gasteiger partial charge in [0.1, 0.15) is 6.67 Å². The van der Waals surface area contributed by atoms with Gasteiger partial charge in [0.2, 0.25) is 0 Å². The highest BCUT2D eigenvalue weighted by molar-refractivity contribution is 5.16. The van der Waals surface area contributed by atoms with Crippen LogP contribution in [0, 0.1) is 0 Å². The van der Waals surface area contributed by atoms with Gasteiger partial charge in [0.25, 0.3) is 0 Å². The summed E-state index contributed by atoms with van der Waals surface area (Å²) >= 11 is 0. The van der Waals surface area contributed by atoms with Crippen LogP contribution in [0.2, 0.25) is 0 Å². The smallest absolute Gasteiger partial charge is 0.106 e. The van der Waals surface area contributed by atoms with Crippen molar-refractivity contribution >= 4 is 0 Å². The van der Waals surface area contributed by atoms with E-state index in [0.29, 0.717) is 6.04 Å². The zero-order valence-corrected chi connectivity index (χ0v) is 13.7. The molecule has 2 nitrogen and oxygen atoms in total. The summed E-state index contributed by atoms with van der Waals surface area (Å²) in [6.45, 7) is 5.43. The zero-order valence-electron chi connectivity index (χ0n) is 13.7. The van der Waals surface area contributed by atoms with E-state index in [1.54, 1.807) is 0 Å². The van der Waals surface area contributed by atoms with Gasteiger partial charge in [0.15, 0.2) is 0 Å². The van der Waals surface area contributed by atoms with Crippen molar-refractivity contribution in [2.24, 2.45) is 0 Å². The summed E-state index contributed by atoms with van der Waals surface area (Å²) < 4.78 is 13.6. The fraction of sp³-hybridized carbons (Fsp3) is 0.400. The molecule has 2 aromatic rings. The number of nitrogens with zero attached hydrogens (tertiary/aromatic N) is 2. The molecule has 2 unspecified atom stereocenters. The first-order valence-corrected chi connectivity index (χ1v) is 8.38. The van der Waals surface area contributed by atoms with Gasteiger partial charge in [-0.05, 0) is 18.1 Å². The number of halogens is 1. The first-order valence-electron chi connectivity index (χ1n) is 8.38. The summed E-state index contributed by atoms with van der Waals surface area (Å²) in [6, 6.07) is 21.2. The molecule has 1 aliphatic rings. The Kier molecular flexibility index (Phi) is 5.42. The quantitative estimate of drug-likeness (QED) is 0.830. The maximum Gasteiger partial charge on any atom is 0.106 e. The fourth-order valence-electron chi connectivity index (χ4n) is 3.50. The Morgan fingerprint density at radius 1 is 0.870 bits per heavy atom. The summed E-state index contributed by atoms with van der Waals surface area (Å²) in [4.78, 5) is 4.70. The van der Waals surface area contributed by atoms with E-state index in [1.807, 2.05) is 12.1 Å². The zero-order chi connectivity index (χ0) is 16.1. The van der Waals surface area contributed by atoms with Crippen molar-refractivity contribution < 1.29 is 4.39 Å². The Hall–Kier alpha value is -1.71. The van der Waals surface area contributed by atoms with Crippen LogP contribution in [0.1, 0.15) is 18.1 Å². The molecule has 0 bridgehead atoms. The van der Waals surface area contributed by atoms with Crippen molar-refractivity contribution in [3.05, 3.63) is 71.8 Å². The van der Waals surface area contributed by atoms with E-state index in [4.69, 9.17) is 0 Å². The Bertz CT molecular complexity index is 587. The molecule has 0 aromatic heterocycles. The van der Waals surface area contributed by atoms with Crippen LogP contribution in [-0.2, 0) is 13.1 Å². The van der Waals surface area contributed by atoms with E-state index in [0.717, 1.165) is 26.2 Å². The predicted octanol–water partition coefficient (Wildman–Crippen LogP) is 3.73. The summed E-state index contributed by atoms with van der Waals surface area (Å²) in [5, 5.41) is 0. The molecule has 0 aliphatic carbocycles. The third kappa shape index (κ3) is 4.18. The van der Waals surface area contributed by atoms with Crippen LogP contribution in [0.5, 0.6) is 0 Å². The normalized spacial score (nSPS) is 23.0. The lowest BCUT2D eigenvalue weighted by Gasteiger charge is -2.45. The Morgan fingerprint density at radius 2 is 1.43 bits per heavy atom. The molecule has 1 aliphatic heterocycles. The Balaban J connectivity index is 1.66. The van der Waals surface area contributed by atoms with Crippen LogP contribution in [-0.4, -0.2) is 41.6 Å². The molecule has 2 aromatic carbocycles. The lowest BCUT2D eigenvalue weighted by molar-refractivity contribution is 0.0103. The molecule has 0 spiro atoms. The van der Waals surface area contributed by atoms with E-state index < -0.39 is 0 Å². The van der Waals surface area contributed by atoms with E-state index in [1.165, 1.54) is 11.1 Å². The molecule has 122 valence electrons. The summed E-state index contributed by atoms with van der Waals surface area (Å²) in [6.07, 6.45) is 0. The summed E-state index contributed by atoms with van der Waals surface area (Å²) in [5.41, 5.74) is 2.56. The monoisotopic (exact) mass is 312 g/mol. The van der Waals surface area contributed by atoms with E-state index in [-0.39, 0.29) is 12.7 Å². The maximum absolute atomic E-state index is 13.6. The Labute approximate surface area is 138 Å². The van der Waals surface area contributed by atoms with Crippen LogP contribution < -0.4 is 0 Å². The van der Waals surface area contributed by atoms with Gasteiger partial charge < -0.3 is 0 Å². The minimum Gasteiger partial charge on any atom is -0.296 e. The van der Waals surface area contributed by atoms with Crippen molar-refractivity contribution in [2.75, 3.05) is 19.8 Å². The molecule has 2 atom stereocenters. The third-order valence-corrected chi connectivity index (χ3v) is 4.66. The fourth-order valence-corrected chi connectivity index (χ4v) is 3.50. The predicted molar refractivity (Wildman–Crippen MR) is 92.9 cm³/mol. The molecular formula is C20H25FN2. The molecule has 3 heteroatoms. The van der Waals surface area contributed by atoms with Gasteiger partial charge in [-0.3, -0.25) is 9.80 Å². The summed E-state index contributed by atoms with van der Waals surface area (Å²) in [7, 11) is 0. The van der Waals surface area contributed by atoms with Crippen molar-refractivity contribution in [2.45, 2.75) is 32.1 Å². The number of hydrogen-bond donors (Lipinski definition) is 0. The van der Waals surface area contributed by atoms with Crippen molar-refractivity contribution in [3.8, 4) is 0 Å². The van der Waals surface area contributed by atoms with Gasteiger partial charge in [-0.1, -0.05) is 60.7 Å². The second-order valence-corrected chi connectivity index (χ2v) is 6.49. The molecule has 0 radical (unpaired) electrons. The van der Waals surface area contributed by atoms with Crippen LogP contribution in [0.15, 0.2) is 60.7 Å². The van der Waals surface area contributed by atoms with Gasteiger partial charge in [-0.15, -0.1) is 0 Å². The minimum atomic E-state index is -0.289. The first-order chi connectivity index (χ1) is 11.3. The van der Waals surface area contributed by atoms with Gasteiger partial charge >= 0.3 is 0 Å². The van der Waals surface area contributed by atoms with Gasteiger partial charge in [-0.25, -0.2) is 4.39 Å².